The Balaban J connectivity index is 1.58. The molecule has 4 rings (SSSR count). The second-order valence-corrected chi connectivity index (χ2v) is 8.06. The zero-order valence-electron chi connectivity index (χ0n) is 15.7. The predicted molar refractivity (Wildman–Crippen MR) is 111 cm³/mol. The van der Waals surface area contributed by atoms with Crippen molar-refractivity contribution in [3.63, 3.8) is 0 Å². The average molecular weight is 380 g/mol. The number of carbonyl (C=O) groups is 1. The molecule has 5 heteroatoms. The lowest BCUT2D eigenvalue weighted by molar-refractivity contribution is -0.132. The highest BCUT2D eigenvalue weighted by Crippen LogP contribution is 2.40. The summed E-state index contributed by atoms with van der Waals surface area (Å²) >= 11 is 1.78. The van der Waals surface area contributed by atoms with Gasteiger partial charge < -0.3 is 9.80 Å². The summed E-state index contributed by atoms with van der Waals surface area (Å²) in [6, 6.07) is 16.8. The molecule has 27 heavy (non-hydrogen) atoms. The standard InChI is InChI=1S/C22H25N3OS/c1-2-3-12-21(26)24-13-15-25(16-14-24)22-17-8-4-6-10-19(17)27-20-11-7-5-9-18(20)23-22/h4-11H,2-3,12-16H2,1H3. The van der Waals surface area contributed by atoms with Gasteiger partial charge in [-0.1, -0.05) is 55.4 Å². The molecule has 0 aliphatic carbocycles. The summed E-state index contributed by atoms with van der Waals surface area (Å²) in [6.45, 7) is 5.34. The SMILES string of the molecule is CCCCC(=O)N1CCN(C2=Nc3ccccc3Sc3ccccc32)CC1. The molecule has 0 unspecified atom stereocenters. The lowest BCUT2D eigenvalue weighted by Crippen LogP contribution is -2.50. The molecule has 2 aliphatic rings. The van der Waals surface area contributed by atoms with Gasteiger partial charge in [-0.15, -0.1) is 0 Å². The highest BCUT2D eigenvalue weighted by atomic mass is 32.2. The van der Waals surface area contributed by atoms with Crippen molar-refractivity contribution in [2.75, 3.05) is 26.2 Å². The van der Waals surface area contributed by atoms with E-state index in [9.17, 15) is 4.79 Å². The molecule has 2 heterocycles. The van der Waals surface area contributed by atoms with Crippen LogP contribution in [0.2, 0.25) is 0 Å². The Kier molecular flexibility index (Phi) is 5.48. The minimum atomic E-state index is 0.292. The number of fused-ring (bicyclic) bond motifs is 2. The topological polar surface area (TPSA) is 35.9 Å². The number of hydrogen-bond donors (Lipinski definition) is 0. The first kappa shape index (κ1) is 18.1. The highest BCUT2D eigenvalue weighted by molar-refractivity contribution is 7.99. The van der Waals surface area contributed by atoms with Crippen LogP contribution in [0.15, 0.2) is 63.3 Å². The van der Waals surface area contributed by atoms with E-state index in [0.717, 1.165) is 50.5 Å². The van der Waals surface area contributed by atoms with Gasteiger partial charge in [-0.2, -0.15) is 0 Å². The summed E-state index contributed by atoms with van der Waals surface area (Å²) in [4.78, 5) is 24.1. The van der Waals surface area contributed by atoms with Crippen molar-refractivity contribution in [1.29, 1.82) is 0 Å². The molecule has 1 saturated heterocycles. The minimum absolute atomic E-state index is 0.292. The molecular formula is C22H25N3OS. The Labute approximate surface area is 165 Å². The summed E-state index contributed by atoms with van der Waals surface area (Å²) in [6.07, 6.45) is 2.72. The van der Waals surface area contributed by atoms with Crippen LogP contribution < -0.4 is 0 Å². The second kappa shape index (κ2) is 8.17. The summed E-state index contributed by atoms with van der Waals surface area (Å²) in [5, 5.41) is 0. The van der Waals surface area contributed by atoms with Gasteiger partial charge >= 0.3 is 0 Å². The molecule has 0 atom stereocenters. The van der Waals surface area contributed by atoms with Gasteiger partial charge in [0.1, 0.15) is 5.84 Å². The fourth-order valence-corrected chi connectivity index (χ4v) is 4.58. The normalized spacial score (nSPS) is 16.3. The number of benzene rings is 2. The van der Waals surface area contributed by atoms with E-state index in [1.165, 1.54) is 15.4 Å². The van der Waals surface area contributed by atoms with Gasteiger partial charge in [-0.05, 0) is 24.6 Å². The van der Waals surface area contributed by atoms with E-state index in [2.05, 4.69) is 54.3 Å². The molecular weight excluding hydrogens is 354 g/mol. The largest absolute Gasteiger partial charge is 0.353 e. The van der Waals surface area contributed by atoms with Crippen LogP contribution in [0, 0.1) is 0 Å². The number of amides is 1. The van der Waals surface area contributed by atoms with Crippen molar-refractivity contribution in [1.82, 2.24) is 9.80 Å². The van der Waals surface area contributed by atoms with E-state index in [-0.39, 0.29) is 0 Å². The fourth-order valence-electron chi connectivity index (χ4n) is 3.56. The Morgan fingerprint density at radius 1 is 1.00 bits per heavy atom. The first-order valence-electron chi connectivity index (χ1n) is 9.74. The molecule has 4 nitrogen and oxygen atoms in total. The zero-order chi connectivity index (χ0) is 18.6. The van der Waals surface area contributed by atoms with Gasteiger partial charge in [0.05, 0.1) is 5.69 Å². The van der Waals surface area contributed by atoms with Crippen molar-refractivity contribution >= 4 is 29.2 Å². The molecule has 0 bridgehead atoms. The van der Waals surface area contributed by atoms with E-state index >= 15 is 0 Å². The van der Waals surface area contributed by atoms with Crippen LogP contribution in [0.3, 0.4) is 0 Å². The quantitative estimate of drug-likeness (QED) is 0.784. The van der Waals surface area contributed by atoms with Gasteiger partial charge in [-0.3, -0.25) is 4.79 Å². The molecule has 0 radical (unpaired) electrons. The maximum absolute atomic E-state index is 12.3. The summed E-state index contributed by atoms with van der Waals surface area (Å²) in [7, 11) is 0. The van der Waals surface area contributed by atoms with Crippen LogP contribution in [0.25, 0.3) is 0 Å². The van der Waals surface area contributed by atoms with Gasteiger partial charge in [0.2, 0.25) is 5.91 Å². The number of para-hydroxylation sites is 1. The van der Waals surface area contributed by atoms with Gasteiger partial charge in [0.15, 0.2) is 0 Å². The van der Waals surface area contributed by atoms with Gasteiger partial charge in [0, 0.05) is 48.0 Å². The third-order valence-electron chi connectivity index (χ3n) is 5.12. The third kappa shape index (κ3) is 3.88. The maximum Gasteiger partial charge on any atom is 0.222 e. The Morgan fingerprint density at radius 2 is 1.70 bits per heavy atom. The van der Waals surface area contributed by atoms with Crippen LogP contribution in [0.4, 0.5) is 5.69 Å². The van der Waals surface area contributed by atoms with Crippen molar-refractivity contribution in [3.8, 4) is 0 Å². The third-order valence-corrected chi connectivity index (χ3v) is 6.26. The number of amidine groups is 1. The van der Waals surface area contributed by atoms with Crippen LogP contribution in [0.5, 0.6) is 0 Å². The molecule has 0 saturated carbocycles. The Bertz CT molecular complexity index is 856. The lowest BCUT2D eigenvalue weighted by Gasteiger charge is -2.36. The van der Waals surface area contributed by atoms with Crippen LogP contribution >= 0.6 is 11.8 Å². The number of hydrogen-bond acceptors (Lipinski definition) is 4. The fraction of sp³-hybridized carbons (Fsp3) is 0.364. The number of aliphatic imine (C=N–C) groups is 1. The van der Waals surface area contributed by atoms with E-state index in [1.54, 1.807) is 11.8 Å². The van der Waals surface area contributed by atoms with E-state index in [0.29, 0.717) is 12.3 Å². The molecule has 2 aliphatic heterocycles. The number of nitrogens with zero attached hydrogens (tertiary/aromatic N) is 3. The van der Waals surface area contributed by atoms with E-state index in [4.69, 9.17) is 4.99 Å². The maximum atomic E-state index is 12.3. The van der Waals surface area contributed by atoms with E-state index < -0.39 is 0 Å². The van der Waals surface area contributed by atoms with Crippen molar-refractivity contribution in [3.05, 3.63) is 54.1 Å². The lowest BCUT2D eigenvalue weighted by atomic mass is 10.1. The molecule has 1 fully saturated rings. The van der Waals surface area contributed by atoms with Crippen molar-refractivity contribution in [2.24, 2.45) is 4.99 Å². The summed E-state index contributed by atoms with van der Waals surface area (Å²) in [5.74, 6) is 1.32. The van der Waals surface area contributed by atoms with Crippen LogP contribution in [-0.2, 0) is 4.79 Å². The minimum Gasteiger partial charge on any atom is -0.353 e. The zero-order valence-corrected chi connectivity index (χ0v) is 16.5. The number of piperazine rings is 1. The molecule has 140 valence electrons. The number of unbranched alkanes of at least 4 members (excludes halogenated alkanes) is 1. The van der Waals surface area contributed by atoms with E-state index in [1.807, 2.05) is 11.0 Å². The smallest absolute Gasteiger partial charge is 0.222 e. The van der Waals surface area contributed by atoms with Crippen molar-refractivity contribution in [2.45, 2.75) is 36.0 Å². The van der Waals surface area contributed by atoms with Gasteiger partial charge in [0.25, 0.3) is 0 Å². The summed E-state index contributed by atoms with van der Waals surface area (Å²) in [5.41, 5.74) is 2.21. The molecule has 2 aromatic carbocycles. The second-order valence-electron chi connectivity index (χ2n) is 6.97. The number of carbonyl (C=O) groups excluding carboxylic acids is 1. The molecule has 1 amide bonds. The van der Waals surface area contributed by atoms with Crippen LogP contribution in [0.1, 0.15) is 31.7 Å². The molecule has 0 spiro atoms. The highest BCUT2D eigenvalue weighted by Gasteiger charge is 2.26. The predicted octanol–water partition coefficient (Wildman–Crippen LogP) is 4.56. The molecule has 2 aromatic rings. The first-order valence-corrected chi connectivity index (χ1v) is 10.6. The van der Waals surface area contributed by atoms with Crippen LogP contribution in [-0.4, -0.2) is 47.7 Å². The Morgan fingerprint density at radius 3 is 2.48 bits per heavy atom. The number of rotatable bonds is 3. The molecule has 0 N–H and O–H groups in total. The average Bonchev–Trinajstić information content (AvgIpc) is 2.89. The van der Waals surface area contributed by atoms with Crippen molar-refractivity contribution < 1.29 is 4.79 Å². The molecule has 0 aromatic heterocycles. The van der Waals surface area contributed by atoms with Gasteiger partial charge in [-0.25, -0.2) is 4.99 Å². The first-order chi connectivity index (χ1) is 13.3. The summed E-state index contributed by atoms with van der Waals surface area (Å²) < 4.78 is 0. The Hall–Kier alpha value is -2.27. The monoisotopic (exact) mass is 379 g/mol.